The van der Waals surface area contributed by atoms with Gasteiger partial charge in [-0.2, -0.15) is 0 Å². The summed E-state index contributed by atoms with van der Waals surface area (Å²) < 4.78 is 12.7. The predicted octanol–water partition coefficient (Wildman–Crippen LogP) is 3.71. The van der Waals surface area contributed by atoms with Gasteiger partial charge in [0.2, 0.25) is 29.5 Å². The van der Waals surface area contributed by atoms with Gasteiger partial charge in [0.25, 0.3) is 0 Å². The molecule has 0 radical (unpaired) electrons. The maximum Gasteiger partial charge on any atom is 0.246 e. The zero-order valence-corrected chi connectivity index (χ0v) is 44.0. The molecule has 4 fully saturated rings. The molecule has 0 bridgehead atoms. The van der Waals surface area contributed by atoms with Gasteiger partial charge in [0.1, 0.15) is 37.6 Å². The molecule has 1 unspecified atom stereocenters. The first-order valence-electron chi connectivity index (χ1n) is 27.6. The quantitative estimate of drug-likeness (QED) is 0.0800. The maximum absolute atomic E-state index is 14.4. The minimum absolute atomic E-state index is 0.0289. The molecule has 2 heterocycles. The number of carbonyl (C=O) groups is 5. The SMILES string of the molecule is CN[C@H](C)C(=O)N[C@@H](C(=O)N1CCC[C@@H]1C(=O)N[C@@H]1c2ccccc2C[C@@H]1OCC#CC#CCO[C@H]1Cc2ccccc2[C@H]1NC(O)[C@H]1CCCN1C(=O)[C@H](NC(=O)[C@@H](C)NC)C1CCCCC1)C1CCCCC1. The first-order valence-corrected chi connectivity index (χ1v) is 27.6. The van der Waals surface area contributed by atoms with Crippen LogP contribution in [0.5, 0.6) is 0 Å². The molecule has 0 aromatic heterocycles. The lowest BCUT2D eigenvalue weighted by molar-refractivity contribution is -0.143. The van der Waals surface area contributed by atoms with Crippen LogP contribution in [0.15, 0.2) is 48.5 Å². The van der Waals surface area contributed by atoms with Crippen LogP contribution in [-0.4, -0.2) is 140 Å². The monoisotopic (exact) mass is 1020 g/mol. The van der Waals surface area contributed by atoms with Crippen LogP contribution >= 0.6 is 0 Å². The summed E-state index contributed by atoms with van der Waals surface area (Å²) in [5, 5.41) is 30.7. The Hall–Kier alpha value is -5.33. The Bertz CT molecular complexity index is 2400. The molecule has 7 N–H and O–H groups in total. The van der Waals surface area contributed by atoms with Crippen molar-refractivity contribution < 1.29 is 38.6 Å². The molecule has 16 heteroatoms. The average molecular weight is 1020 g/mol. The molecule has 11 atom stereocenters. The molecule has 74 heavy (non-hydrogen) atoms. The summed E-state index contributed by atoms with van der Waals surface area (Å²) >= 11 is 0. The van der Waals surface area contributed by atoms with Crippen molar-refractivity contribution in [1.82, 2.24) is 41.7 Å². The van der Waals surface area contributed by atoms with E-state index in [1.54, 1.807) is 37.7 Å². The van der Waals surface area contributed by atoms with Crippen molar-refractivity contribution in [2.75, 3.05) is 40.4 Å². The smallest absolute Gasteiger partial charge is 0.246 e. The number of hydrogen-bond acceptors (Lipinski definition) is 11. The maximum atomic E-state index is 14.4. The molecule has 0 spiro atoms. The fraction of sp³-hybridized carbons (Fsp3) is 0.638. The number of likely N-dealkylation sites (tertiary alicyclic amines) is 2. The number of amides is 5. The van der Waals surface area contributed by atoms with Gasteiger partial charge < -0.3 is 51.0 Å². The molecule has 2 aliphatic heterocycles. The van der Waals surface area contributed by atoms with Gasteiger partial charge in [-0.1, -0.05) is 98.9 Å². The van der Waals surface area contributed by atoms with E-state index < -0.39 is 48.5 Å². The van der Waals surface area contributed by atoms with Crippen LogP contribution in [0.3, 0.4) is 0 Å². The number of carbonyl (C=O) groups excluding carboxylic acids is 5. The van der Waals surface area contributed by atoms with Crippen LogP contribution in [0.2, 0.25) is 0 Å². The molecule has 2 aromatic carbocycles. The molecule has 2 aromatic rings. The highest BCUT2D eigenvalue weighted by atomic mass is 16.5. The number of benzene rings is 2. The number of aliphatic hydroxyl groups excluding tert-OH is 1. The fourth-order valence-corrected chi connectivity index (χ4v) is 12.4. The number of aliphatic hydroxyl groups is 1. The Labute approximate surface area is 438 Å². The van der Waals surface area contributed by atoms with Gasteiger partial charge in [-0.3, -0.25) is 29.3 Å². The van der Waals surface area contributed by atoms with Crippen LogP contribution in [0.25, 0.3) is 0 Å². The average Bonchev–Trinajstić information content (AvgIpc) is 4.26. The van der Waals surface area contributed by atoms with E-state index in [-0.39, 0.29) is 72.8 Å². The summed E-state index contributed by atoms with van der Waals surface area (Å²) in [6.45, 7) is 4.74. The Balaban J connectivity index is 0.857. The number of hydrogen-bond donors (Lipinski definition) is 7. The zero-order chi connectivity index (χ0) is 52.1. The summed E-state index contributed by atoms with van der Waals surface area (Å²) in [5.74, 6) is 11.0. The predicted molar refractivity (Wildman–Crippen MR) is 282 cm³/mol. The summed E-state index contributed by atoms with van der Waals surface area (Å²) in [7, 11) is 3.45. The summed E-state index contributed by atoms with van der Waals surface area (Å²) in [6.07, 6.45) is 12.0. The van der Waals surface area contributed by atoms with Gasteiger partial charge in [-0.15, -0.1) is 0 Å². The third-order valence-electron chi connectivity index (χ3n) is 16.8. The van der Waals surface area contributed by atoms with Crippen molar-refractivity contribution in [1.29, 1.82) is 0 Å². The number of nitrogens with zero attached hydrogens (tertiary/aromatic N) is 2. The molecule has 2 saturated heterocycles. The molecule has 2 saturated carbocycles. The van der Waals surface area contributed by atoms with Crippen molar-refractivity contribution in [2.45, 2.75) is 183 Å². The zero-order valence-electron chi connectivity index (χ0n) is 44.0. The first kappa shape index (κ1) is 54.9. The molecule has 5 amide bonds. The second-order valence-electron chi connectivity index (χ2n) is 21.4. The van der Waals surface area contributed by atoms with Crippen LogP contribution < -0.4 is 31.9 Å². The van der Waals surface area contributed by atoms with Gasteiger partial charge >= 0.3 is 0 Å². The molecule has 8 rings (SSSR count). The summed E-state index contributed by atoms with van der Waals surface area (Å²) in [4.78, 5) is 72.6. The summed E-state index contributed by atoms with van der Waals surface area (Å²) in [6, 6.07) is 12.0. The highest BCUT2D eigenvalue weighted by Crippen LogP contribution is 2.37. The second kappa shape index (κ2) is 26.4. The van der Waals surface area contributed by atoms with Crippen molar-refractivity contribution in [2.24, 2.45) is 11.8 Å². The van der Waals surface area contributed by atoms with E-state index in [0.29, 0.717) is 45.2 Å². The van der Waals surface area contributed by atoms with Gasteiger partial charge in [0.05, 0.1) is 42.4 Å². The third-order valence-corrected chi connectivity index (χ3v) is 16.8. The third kappa shape index (κ3) is 13.2. The number of fused-ring (bicyclic) bond motifs is 2. The number of nitrogens with one attached hydrogen (secondary N) is 6. The van der Waals surface area contributed by atoms with E-state index in [0.717, 1.165) is 92.9 Å². The van der Waals surface area contributed by atoms with E-state index in [1.807, 2.05) is 42.5 Å². The minimum Gasteiger partial charge on any atom is -0.376 e. The van der Waals surface area contributed by atoms with E-state index in [1.165, 1.54) is 0 Å². The lowest BCUT2D eigenvalue weighted by atomic mass is 9.83. The topological polar surface area (TPSA) is 203 Å². The highest BCUT2D eigenvalue weighted by Gasteiger charge is 2.45. The van der Waals surface area contributed by atoms with Crippen molar-refractivity contribution in [3.63, 3.8) is 0 Å². The van der Waals surface area contributed by atoms with Crippen molar-refractivity contribution >= 4 is 29.5 Å². The summed E-state index contributed by atoms with van der Waals surface area (Å²) in [5.41, 5.74) is 4.21. The molecule has 400 valence electrons. The highest BCUT2D eigenvalue weighted by molar-refractivity contribution is 5.94. The van der Waals surface area contributed by atoms with E-state index in [4.69, 9.17) is 9.47 Å². The van der Waals surface area contributed by atoms with Gasteiger partial charge in [-0.25, -0.2) is 0 Å². The van der Waals surface area contributed by atoms with Crippen LogP contribution in [0.1, 0.15) is 138 Å². The molecule has 16 nitrogen and oxygen atoms in total. The van der Waals surface area contributed by atoms with E-state index >= 15 is 0 Å². The fourth-order valence-electron chi connectivity index (χ4n) is 12.4. The molecule has 4 aliphatic carbocycles. The Morgan fingerprint density at radius 1 is 0.622 bits per heavy atom. The van der Waals surface area contributed by atoms with Gasteiger partial charge in [0.15, 0.2) is 0 Å². The number of ether oxygens (including phenoxy) is 2. The van der Waals surface area contributed by atoms with Gasteiger partial charge in [-0.05, 0) is 125 Å². The molecular weight excluding hydrogens is 937 g/mol. The van der Waals surface area contributed by atoms with Crippen LogP contribution in [0, 0.1) is 35.5 Å². The van der Waals surface area contributed by atoms with E-state index in [2.05, 4.69) is 61.6 Å². The number of likely N-dealkylation sites (N-methyl/N-ethyl adjacent to an activating group) is 2. The largest absolute Gasteiger partial charge is 0.376 e. The Morgan fingerprint density at radius 2 is 1.09 bits per heavy atom. The second-order valence-corrected chi connectivity index (χ2v) is 21.4. The lowest BCUT2D eigenvalue weighted by Crippen LogP contribution is -2.59. The number of rotatable bonds is 19. The van der Waals surface area contributed by atoms with Gasteiger partial charge in [0, 0.05) is 25.9 Å². The molecular formula is C58H80N8O8. The Morgan fingerprint density at radius 3 is 1.64 bits per heavy atom. The standard InChI is InChI=1S/C58H80N8O8/c1-37(59-3)53(67)61-49(39-21-9-7-10-22-39)57(71)65-31-19-29-45(65)55(69)63-51-43-27-15-13-25-41(43)35-47(51)73-33-17-5-6-18-34-74-48-36-42-26-14-16-28-44(42)52(48)64-56(70)46-30-20-32-66(46)58(72)50(40-23-11-8-12-24-40)62-54(68)38(2)60-4/h13-16,25-28,37-40,45-52,55,59-60,63,69H,7-12,19-24,29-36H2,1-4H3,(H,61,67)(H,62,68)(H,64,70)/t37-,38-,45-,46-,47+,48+,49-,50-,51-,52-,55?/m1/s1. The Kier molecular flexibility index (Phi) is 19.6. The van der Waals surface area contributed by atoms with E-state index in [9.17, 15) is 29.1 Å². The van der Waals surface area contributed by atoms with Crippen LogP contribution in [-0.2, 0) is 46.3 Å². The van der Waals surface area contributed by atoms with Crippen molar-refractivity contribution in [3.8, 4) is 23.7 Å². The first-order chi connectivity index (χ1) is 36.0. The molecule has 6 aliphatic rings. The van der Waals surface area contributed by atoms with Crippen molar-refractivity contribution in [3.05, 3.63) is 70.8 Å². The van der Waals surface area contributed by atoms with Crippen LogP contribution in [0.4, 0.5) is 0 Å². The minimum atomic E-state index is -1.03. The normalized spacial score (nSPS) is 25.7. The lowest BCUT2D eigenvalue weighted by Gasteiger charge is -2.37.